The van der Waals surface area contributed by atoms with Gasteiger partial charge in [0.2, 0.25) is 0 Å². The summed E-state index contributed by atoms with van der Waals surface area (Å²) in [5.74, 6) is 0.776. The number of pyridine rings is 1. The zero-order valence-corrected chi connectivity index (χ0v) is 9.14. The molecule has 1 aliphatic heterocycles. The Labute approximate surface area is 94.2 Å². The molecule has 78 valence electrons. The first-order valence-corrected chi connectivity index (χ1v) is 4.70. The average molecular weight is 235 g/mol. The third kappa shape index (κ3) is 3.01. The topological polar surface area (TPSA) is 34.1 Å². The summed E-state index contributed by atoms with van der Waals surface area (Å²) in [4.78, 5) is 3.92. The zero-order chi connectivity index (χ0) is 9.10. The lowest BCUT2D eigenvalue weighted by atomic mass is 10.1. The van der Waals surface area contributed by atoms with Crippen LogP contribution in [0.25, 0.3) is 0 Å². The number of rotatable bonds is 3. The van der Waals surface area contributed by atoms with E-state index in [4.69, 9.17) is 16.3 Å². The van der Waals surface area contributed by atoms with Crippen LogP contribution in [0.1, 0.15) is 6.42 Å². The van der Waals surface area contributed by atoms with Crippen molar-refractivity contribution < 1.29 is 4.74 Å². The minimum absolute atomic E-state index is 0. The van der Waals surface area contributed by atoms with Crippen LogP contribution in [0.3, 0.4) is 0 Å². The Kier molecular flexibility index (Phi) is 4.45. The molecule has 2 rings (SSSR count). The molecule has 0 spiro atoms. The van der Waals surface area contributed by atoms with Crippen LogP contribution in [0, 0.1) is 0 Å². The van der Waals surface area contributed by atoms with Crippen molar-refractivity contribution in [2.45, 2.75) is 12.5 Å². The zero-order valence-electron chi connectivity index (χ0n) is 7.57. The molecular weight excluding hydrogens is 223 g/mol. The highest BCUT2D eigenvalue weighted by Crippen LogP contribution is 2.13. The van der Waals surface area contributed by atoms with E-state index in [1.165, 1.54) is 6.42 Å². The largest absolute Gasteiger partial charge is 0.490 e. The van der Waals surface area contributed by atoms with Crippen LogP contribution >= 0.6 is 24.0 Å². The Morgan fingerprint density at radius 1 is 1.57 bits per heavy atom. The van der Waals surface area contributed by atoms with Gasteiger partial charge in [0.1, 0.15) is 17.5 Å². The van der Waals surface area contributed by atoms with Crippen molar-refractivity contribution >= 4 is 24.0 Å². The minimum Gasteiger partial charge on any atom is -0.490 e. The van der Waals surface area contributed by atoms with Gasteiger partial charge in [0, 0.05) is 6.04 Å². The molecule has 5 heteroatoms. The molecule has 0 radical (unpaired) electrons. The highest BCUT2D eigenvalue weighted by Gasteiger charge is 2.16. The lowest BCUT2D eigenvalue weighted by molar-refractivity contribution is 0.217. The maximum absolute atomic E-state index is 5.63. The first-order chi connectivity index (χ1) is 6.34. The van der Waals surface area contributed by atoms with Crippen LogP contribution in [0.4, 0.5) is 0 Å². The molecule has 1 aliphatic rings. The number of nitrogens with zero attached hydrogens (tertiary/aromatic N) is 1. The fourth-order valence-corrected chi connectivity index (χ4v) is 1.25. The van der Waals surface area contributed by atoms with Gasteiger partial charge >= 0.3 is 0 Å². The number of ether oxygens (including phenoxy) is 1. The number of hydrogen-bond acceptors (Lipinski definition) is 3. The quantitative estimate of drug-likeness (QED) is 0.812. The van der Waals surface area contributed by atoms with Crippen molar-refractivity contribution in [2.24, 2.45) is 0 Å². The summed E-state index contributed by atoms with van der Waals surface area (Å²) in [6, 6.07) is 4.06. The lowest BCUT2D eigenvalue weighted by Gasteiger charge is -2.27. The van der Waals surface area contributed by atoms with Gasteiger partial charge in [-0.05, 0) is 25.1 Å². The average Bonchev–Trinajstić information content (AvgIpc) is 2.05. The summed E-state index contributed by atoms with van der Waals surface area (Å²) < 4.78 is 5.48. The monoisotopic (exact) mass is 234 g/mol. The van der Waals surface area contributed by atoms with E-state index in [1.807, 2.05) is 6.07 Å². The molecule has 0 aliphatic carbocycles. The van der Waals surface area contributed by atoms with Crippen LogP contribution in [0.2, 0.25) is 5.15 Å². The van der Waals surface area contributed by atoms with Gasteiger partial charge in [0.25, 0.3) is 0 Å². The van der Waals surface area contributed by atoms with E-state index in [9.17, 15) is 0 Å². The summed E-state index contributed by atoms with van der Waals surface area (Å²) >= 11 is 5.63. The highest BCUT2D eigenvalue weighted by molar-refractivity contribution is 6.29. The second-order valence-electron chi connectivity index (χ2n) is 3.07. The molecule has 0 unspecified atom stereocenters. The predicted octanol–water partition coefficient (Wildman–Crippen LogP) is 1.90. The summed E-state index contributed by atoms with van der Waals surface area (Å²) in [6.07, 6.45) is 2.84. The van der Waals surface area contributed by atoms with Crippen LogP contribution in [-0.4, -0.2) is 24.2 Å². The smallest absolute Gasteiger partial charge is 0.137 e. The Hall–Kier alpha value is -0.510. The van der Waals surface area contributed by atoms with E-state index in [1.54, 1.807) is 12.3 Å². The van der Waals surface area contributed by atoms with E-state index in [0.717, 1.165) is 12.3 Å². The third-order valence-electron chi connectivity index (χ3n) is 2.08. The molecule has 1 aromatic heterocycles. The fraction of sp³-hybridized carbons (Fsp3) is 0.444. The van der Waals surface area contributed by atoms with Crippen LogP contribution in [0.15, 0.2) is 18.3 Å². The molecule has 1 saturated heterocycles. The molecule has 0 amide bonds. The molecule has 1 fully saturated rings. The molecule has 3 nitrogen and oxygen atoms in total. The summed E-state index contributed by atoms with van der Waals surface area (Å²) in [5, 5.41) is 3.75. The first kappa shape index (κ1) is 11.6. The van der Waals surface area contributed by atoms with Crippen molar-refractivity contribution in [1.82, 2.24) is 10.3 Å². The van der Waals surface area contributed by atoms with Gasteiger partial charge in [-0.25, -0.2) is 4.98 Å². The van der Waals surface area contributed by atoms with Gasteiger partial charge in [0.05, 0.1) is 6.20 Å². The Balaban J connectivity index is 0.000000980. The van der Waals surface area contributed by atoms with E-state index in [-0.39, 0.29) is 12.4 Å². The Bertz CT molecular complexity index is 275. The van der Waals surface area contributed by atoms with E-state index in [0.29, 0.717) is 17.8 Å². The van der Waals surface area contributed by atoms with Gasteiger partial charge < -0.3 is 10.1 Å². The van der Waals surface area contributed by atoms with Gasteiger partial charge in [0.15, 0.2) is 0 Å². The van der Waals surface area contributed by atoms with Crippen molar-refractivity contribution in [1.29, 1.82) is 0 Å². The lowest BCUT2D eigenvalue weighted by Crippen LogP contribution is -2.46. The number of halogens is 2. The fourth-order valence-electron chi connectivity index (χ4n) is 1.14. The molecule has 0 bridgehead atoms. The molecule has 0 aromatic carbocycles. The molecule has 1 atom stereocenters. The van der Waals surface area contributed by atoms with E-state index < -0.39 is 0 Å². The van der Waals surface area contributed by atoms with Gasteiger partial charge in [-0.2, -0.15) is 0 Å². The van der Waals surface area contributed by atoms with Crippen molar-refractivity contribution in [3.8, 4) is 5.75 Å². The number of hydrogen-bond donors (Lipinski definition) is 1. The highest BCUT2D eigenvalue weighted by atomic mass is 35.5. The molecule has 0 saturated carbocycles. The first-order valence-electron chi connectivity index (χ1n) is 4.32. The van der Waals surface area contributed by atoms with Crippen molar-refractivity contribution in [2.75, 3.05) is 13.2 Å². The Morgan fingerprint density at radius 3 is 2.86 bits per heavy atom. The van der Waals surface area contributed by atoms with Gasteiger partial charge in [-0.15, -0.1) is 12.4 Å². The van der Waals surface area contributed by atoms with Crippen LogP contribution < -0.4 is 10.1 Å². The molecule has 1 aromatic rings. The summed E-state index contributed by atoms with van der Waals surface area (Å²) in [7, 11) is 0. The predicted molar refractivity (Wildman–Crippen MR) is 58.4 cm³/mol. The molecule has 14 heavy (non-hydrogen) atoms. The van der Waals surface area contributed by atoms with Gasteiger partial charge in [-0.3, -0.25) is 0 Å². The van der Waals surface area contributed by atoms with Crippen LogP contribution in [0.5, 0.6) is 5.75 Å². The molecule has 2 heterocycles. The normalized spacial score (nSPS) is 19.4. The SMILES string of the molecule is Cl.Clc1ccc(OC[C@H]2CCN2)cn1. The maximum Gasteiger partial charge on any atom is 0.137 e. The van der Waals surface area contributed by atoms with Gasteiger partial charge in [-0.1, -0.05) is 11.6 Å². The maximum atomic E-state index is 5.63. The molecular formula is C9H12Cl2N2O. The van der Waals surface area contributed by atoms with Crippen molar-refractivity contribution in [3.05, 3.63) is 23.5 Å². The number of nitrogens with one attached hydrogen (secondary N) is 1. The summed E-state index contributed by atoms with van der Waals surface area (Å²) in [5.41, 5.74) is 0. The standard InChI is InChI=1S/C9H11ClN2O.ClH/c10-9-2-1-8(5-12-9)13-6-7-3-4-11-7;/h1-2,5,7,11H,3-4,6H2;1H/t7-;/m1./s1. The minimum atomic E-state index is 0. The van der Waals surface area contributed by atoms with E-state index >= 15 is 0 Å². The third-order valence-corrected chi connectivity index (χ3v) is 2.30. The number of aromatic nitrogens is 1. The molecule has 1 N–H and O–H groups in total. The van der Waals surface area contributed by atoms with Crippen molar-refractivity contribution in [3.63, 3.8) is 0 Å². The Morgan fingerprint density at radius 2 is 2.36 bits per heavy atom. The summed E-state index contributed by atoms with van der Waals surface area (Å²) in [6.45, 7) is 1.82. The second kappa shape index (κ2) is 5.39. The van der Waals surface area contributed by atoms with E-state index in [2.05, 4.69) is 10.3 Å². The second-order valence-corrected chi connectivity index (χ2v) is 3.45. The van der Waals surface area contributed by atoms with Crippen LogP contribution in [-0.2, 0) is 0 Å².